The molecule has 1 aromatic carbocycles. The van der Waals surface area contributed by atoms with Gasteiger partial charge in [-0.2, -0.15) is 0 Å². The zero-order valence-corrected chi connectivity index (χ0v) is 9.35. The van der Waals surface area contributed by atoms with Crippen molar-refractivity contribution in [2.45, 2.75) is 12.5 Å². The largest absolute Gasteiger partial charge is 0.388 e. The summed E-state index contributed by atoms with van der Waals surface area (Å²) >= 11 is 9.13. The van der Waals surface area contributed by atoms with Gasteiger partial charge in [0.05, 0.1) is 6.10 Å². The predicted molar refractivity (Wildman–Crippen MR) is 57.8 cm³/mol. The van der Waals surface area contributed by atoms with E-state index in [1.165, 1.54) is 0 Å². The van der Waals surface area contributed by atoms with Gasteiger partial charge < -0.3 is 10.8 Å². The summed E-state index contributed by atoms with van der Waals surface area (Å²) in [6, 6.07) is 5.36. The fourth-order valence-electron chi connectivity index (χ4n) is 1.09. The third-order valence-corrected chi connectivity index (χ3v) is 2.39. The minimum atomic E-state index is -0.528. The number of aliphatic hydroxyl groups excluding tert-OH is 1. The summed E-state index contributed by atoms with van der Waals surface area (Å²) in [4.78, 5) is 0. The van der Waals surface area contributed by atoms with Crippen LogP contribution in [0.15, 0.2) is 22.7 Å². The molecule has 2 nitrogen and oxygen atoms in total. The van der Waals surface area contributed by atoms with Crippen LogP contribution in [-0.2, 0) is 0 Å². The van der Waals surface area contributed by atoms with Crippen LogP contribution in [0.3, 0.4) is 0 Å². The number of nitrogens with two attached hydrogens (primary N) is 1. The Hall–Kier alpha value is -0.0900. The van der Waals surface area contributed by atoms with E-state index < -0.39 is 6.10 Å². The van der Waals surface area contributed by atoms with E-state index in [0.29, 0.717) is 18.0 Å². The summed E-state index contributed by atoms with van der Waals surface area (Å²) in [6.07, 6.45) is 0.0206. The molecular formula is C9H11BrClNO. The summed E-state index contributed by atoms with van der Waals surface area (Å²) in [7, 11) is 0. The van der Waals surface area contributed by atoms with Crippen molar-refractivity contribution in [3.05, 3.63) is 33.3 Å². The first kappa shape index (κ1) is 11.0. The highest BCUT2D eigenvalue weighted by Crippen LogP contribution is 2.24. The molecule has 1 rings (SSSR count). The van der Waals surface area contributed by atoms with Gasteiger partial charge in [-0.25, -0.2) is 0 Å². The minimum Gasteiger partial charge on any atom is -0.388 e. The minimum absolute atomic E-state index is 0.464. The lowest BCUT2D eigenvalue weighted by molar-refractivity contribution is 0.170. The third-order valence-electron chi connectivity index (χ3n) is 1.71. The van der Waals surface area contributed by atoms with Crippen molar-refractivity contribution in [3.8, 4) is 0 Å². The van der Waals surface area contributed by atoms with Gasteiger partial charge in [-0.15, -0.1) is 0 Å². The Kier molecular flexibility index (Phi) is 4.19. The van der Waals surface area contributed by atoms with Crippen LogP contribution in [0.5, 0.6) is 0 Å². The molecule has 0 heterocycles. The van der Waals surface area contributed by atoms with Crippen LogP contribution < -0.4 is 5.73 Å². The van der Waals surface area contributed by atoms with Crippen LogP contribution in [0.25, 0.3) is 0 Å². The average molecular weight is 265 g/mol. The number of benzene rings is 1. The molecule has 3 N–H and O–H groups in total. The second-order valence-electron chi connectivity index (χ2n) is 2.80. The summed E-state index contributed by atoms with van der Waals surface area (Å²) in [5.74, 6) is 0. The van der Waals surface area contributed by atoms with Gasteiger partial charge in [-0.1, -0.05) is 27.5 Å². The molecule has 0 aliphatic carbocycles. The van der Waals surface area contributed by atoms with Crippen LogP contribution in [0.4, 0.5) is 0 Å². The zero-order valence-electron chi connectivity index (χ0n) is 7.00. The monoisotopic (exact) mass is 263 g/mol. The highest BCUT2D eigenvalue weighted by atomic mass is 79.9. The van der Waals surface area contributed by atoms with E-state index in [-0.39, 0.29) is 0 Å². The van der Waals surface area contributed by atoms with Gasteiger partial charge in [0, 0.05) is 9.50 Å². The number of aliphatic hydroxyl groups is 1. The lowest BCUT2D eigenvalue weighted by Gasteiger charge is -2.10. The van der Waals surface area contributed by atoms with Crippen molar-refractivity contribution in [1.82, 2.24) is 0 Å². The van der Waals surface area contributed by atoms with Gasteiger partial charge in [0.1, 0.15) is 0 Å². The van der Waals surface area contributed by atoms with E-state index in [9.17, 15) is 5.11 Å². The van der Waals surface area contributed by atoms with Crippen molar-refractivity contribution < 1.29 is 5.11 Å². The Balaban J connectivity index is 2.87. The molecule has 1 aromatic rings. The molecule has 0 aliphatic heterocycles. The van der Waals surface area contributed by atoms with Crippen LogP contribution >= 0.6 is 27.5 Å². The molecule has 1 atom stereocenters. The van der Waals surface area contributed by atoms with E-state index in [4.69, 9.17) is 17.3 Å². The SMILES string of the molecule is NCC[C@H](O)c1cc(Cl)cc(Br)c1. The molecule has 0 spiro atoms. The van der Waals surface area contributed by atoms with Crippen LogP contribution in [0.1, 0.15) is 18.1 Å². The number of hydrogen-bond acceptors (Lipinski definition) is 2. The lowest BCUT2D eigenvalue weighted by Crippen LogP contribution is -2.06. The third kappa shape index (κ3) is 3.27. The zero-order chi connectivity index (χ0) is 9.84. The van der Waals surface area contributed by atoms with Gasteiger partial charge in [0.2, 0.25) is 0 Å². The molecule has 0 saturated carbocycles. The van der Waals surface area contributed by atoms with Gasteiger partial charge in [-0.05, 0) is 36.7 Å². The van der Waals surface area contributed by atoms with Crippen molar-refractivity contribution in [1.29, 1.82) is 0 Å². The molecule has 0 saturated heterocycles. The van der Waals surface area contributed by atoms with Crippen molar-refractivity contribution in [2.75, 3.05) is 6.54 Å². The lowest BCUT2D eigenvalue weighted by atomic mass is 10.1. The second kappa shape index (κ2) is 4.96. The fraction of sp³-hybridized carbons (Fsp3) is 0.333. The molecule has 0 aliphatic rings. The van der Waals surface area contributed by atoms with E-state index in [1.807, 2.05) is 6.07 Å². The Bertz CT molecular complexity index is 273. The predicted octanol–water partition coefficient (Wildman–Crippen LogP) is 2.48. The first-order valence-corrected chi connectivity index (χ1v) is 5.14. The molecule has 0 amide bonds. The second-order valence-corrected chi connectivity index (χ2v) is 4.15. The number of hydrogen-bond donors (Lipinski definition) is 2. The quantitative estimate of drug-likeness (QED) is 0.881. The highest BCUT2D eigenvalue weighted by molar-refractivity contribution is 9.10. The summed E-state index contributed by atoms with van der Waals surface area (Å²) in [6.45, 7) is 0.464. The highest BCUT2D eigenvalue weighted by Gasteiger charge is 2.07. The molecule has 0 unspecified atom stereocenters. The van der Waals surface area contributed by atoms with Gasteiger partial charge in [0.15, 0.2) is 0 Å². The van der Waals surface area contributed by atoms with Gasteiger partial charge >= 0.3 is 0 Å². The van der Waals surface area contributed by atoms with Crippen molar-refractivity contribution >= 4 is 27.5 Å². The Morgan fingerprint density at radius 2 is 2.15 bits per heavy atom. The van der Waals surface area contributed by atoms with Gasteiger partial charge in [0.25, 0.3) is 0 Å². The molecule has 4 heteroatoms. The first-order chi connectivity index (χ1) is 6.13. The smallest absolute Gasteiger partial charge is 0.0803 e. The van der Waals surface area contributed by atoms with Crippen molar-refractivity contribution in [3.63, 3.8) is 0 Å². The number of rotatable bonds is 3. The summed E-state index contributed by atoms with van der Waals surface area (Å²) < 4.78 is 0.867. The van der Waals surface area contributed by atoms with Gasteiger partial charge in [-0.3, -0.25) is 0 Å². The van der Waals surface area contributed by atoms with Crippen LogP contribution in [0, 0.1) is 0 Å². The summed E-state index contributed by atoms with van der Waals surface area (Å²) in [5, 5.41) is 10.2. The standard InChI is InChI=1S/C9H11BrClNO/c10-7-3-6(4-8(11)5-7)9(13)1-2-12/h3-5,9,13H,1-2,12H2/t9-/m0/s1. The van der Waals surface area contributed by atoms with E-state index in [0.717, 1.165) is 10.0 Å². The fourth-order valence-corrected chi connectivity index (χ4v) is 1.98. The maximum atomic E-state index is 9.61. The molecule has 0 fully saturated rings. The number of halogens is 2. The topological polar surface area (TPSA) is 46.2 Å². The molecule has 0 aromatic heterocycles. The Morgan fingerprint density at radius 3 is 2.69 bits per heavy atom. The van der Waals surface area contributed by atoms with Crippen molar-refractivity contribution in [2.24, 2.45) is 5.73 Å². The molecular weight excluding hydrogens is 253 g/mol. The summed E-state index contributed by atoms with van der Waals surface area (Å²) in [5.41, 5.74) is 6.13. The van der Waals surface area contributed by atoms with E-state index in [2.05, 4.69) is 15.9 Å². The van der Waals surface area contributed by atoms with Crippen LogP contribution in [-0.4, -0.2) is 11.7 Å². The average Bonchev–Trinajstić information content (AvgIpc) is 2.03. The molecule has 0 bridgehead atoms. The Labute approximate surface area is 90.8 Å². The maximum absolute atomic E-state index is 9.61. The molecule has 13 heavy (non-hydrogen) atoms. The first-order valence-electron chi connectivity index (χ1n) is 3.97. The van der Waals surface area contributed by atoms with E-state index in [1.54, 1.807) is 12.1 Å². The van der Waals surface area contributed by atoms with E-state index >= 15 is 0 Å². The maximum Gasteiger partial charge on any atom is 0.0803 e. The van der Waals surface area contributed by atoms with Crippen LogP contribution in [0.2, 0.25) is 5.02 Å². The molecule has 72 valence electrons. The Morgan fingerprint density at radius 1 is 1.46 bits per heavy atom. The molecule has 0 radical (unpaired) electrons. The normalized spacial score (nSPS) is 12.9.